The minimum Gasteiger partial charge on any atom is -0.490 e. The average Bonchev–Trinajstić information content (AvgIpc) is 3.27. The number of allylic oxidation sites excluding steroid dienone is 1. The van der Waals surface area contributed by atoms with Gasteiger partial charge >= 0.3 is 0 Å². The van der Waals surface area contributed by atoms with Gasteiger partial charge in [-0.25, -0.2) is 0 Å². The maximum absolute atomic E-state index is 14.0. The van der Waals surface area contributed by atoms with Gasteiger partial charge in [0.1, 0.15) is 6.61 Å². The van der Waals surface area contributed by atoms with Crippen LogP contribution in [0.3, 0.4) is 0 Å². The molecule has 2 aliphatic carbocycles. The lowest BCUT2D eigenvalue weighted by molar-refractivity contribution is 0.277. The molecular formula is C20H26F2O2. The van der Waals surface area contributed by atoms with Crippen molar-refractivity contribution in [2.24, 2.45) is 11.8 Å². The number of hydrogen-bond acceptors (Lipinski definition) is 2. The van der Waals surface area contributed by atoms with Crippen LogP contribution in [0, 0.1) is 23.5 Å². The Labute approximate surface area is 142 Å². The molecule has 0 heterocycles. The second kappa shape index (κ2) is 8.50. The SMILES string of the molecule is Fc1c(OC/C=C/C2CCCC2)ccc(OCCCC2CC2)c1F. The highest BCUT2D eigenvalue weighted by atomic mass is 19.2. The van der Waals surface area contributed by atoms with Gasteiger partial charge < -0.3 is 9.47 Å². The lowest BCUT2D eigenvalue weighted by Crippen LogP contribution is -2.03. The Morgan fingerprint density at radius 3 is 2.29 bits per heavy atom. The summed E-state index contributed by atoms with van der Waals surface area (Å²) in [6.07, 6.45) is 13.6. The van der Waals surface area contributed by atoms with E-state index in [1.54, 1.807) is 0 Å². The first kappa shape index (κ1) is 17.2. The Morgan fingerprint density at radius 2 is 1.62 bits per heavy atom. The Balaban J connectivity index is 1.45. The van der Waals surface area contributed by atoms with Gasteiger partial charge in [0.15, 0.2) is 11.5 Å². The van der Waals surface area contributed by atoms with E-state index in [0.29, 0.717) is 12.5 Å². The molecule has 0 aromatic heterocycles. The molecular weight excluding hydrogens is 310 g/mol. The van der Waals surface area contributed by atoms with Crippen molar-refractivity contribution in [3.63, 3.8) is 0 Å². The third kappa shape index (κ3) is 4.96. The van der Waals surface area contributed by atoms with Crippen molar-refractivity contribution in [2.45, 2.75) is 51.4 Å². The molecule has 4 heteroatoms. The van der Waals surface area contributed by atoms with Crippen LogP contribution >= 0.6 is 0 Å². The van der Waals surface area contributed by atoms with Crippen molar-refractivity contribution >= 4 is 0 Å². The third-order valence-corrected chi connectivity index (χ3v) is 4.87. The molecule has 3 rings (SSSR count). The minimum atomic E-state index is -0.969. The summed E-state index contributed by atoms with van der Waals surface area (Å²) in [6, 6.07) is 2.89. The van der Waals surface area contributed by atoms with E-state index >= 15 is 0 Å². The van der Waals surface area contributed by atoms with Gasteiger partial charge in [-0.3, -0.25) is 0 Å². The van der Waals surface area contributed by atoms with Gasteiger partial charge in [-0.15, -0.1) is 0 Å². The molecule has 0 aliphatic heterocycles. The van der Waals surface area contributed by atoms with Crippen LogP contribution in [0.1, 0.15) is 51.4 Å². The van der Waals surface area contributed by atoms with Crippen molar-refractivity contribution in [2.75, 3.05) is 13.2 Å². The van der Waals surface area contributed by atoms with Gasteiger partial charge in [-0.05, 0) is 49.7 Å². The summed E-state index contributed by atoms with van der Waals surface area (Å²) >= 11 is 0. The molecule has 0 N–H and O–H groups in total. The maximum atomic E-state index is 14.0. The molecule has 2 nitrogen and oxygen atoms in total. The number of rotatable bonds is 9. The van der Waals surface area contributed by atoms with Crippen LogP contribution in [0.15, 0.2) is 24.3 Å². The second-order valence-electron chi connectivity index (χ2n) is 6.91. The highest BCUT2D eigenvalue weighted by Crippen LogP contribution is 2.33. The first-order chi connectivity index (χ1) is 11.7. The van der Waals surface area contributed by atoms with Crippen LogP contribution in [-0.4, -0.2) is 13.2 Å². The van der Waals surface area contributed by atoms with Gasteiger partial charge in [0.2, 0.25) is 11.6 Å². The van der Waals surface area contributed by atoms with Gasteiger partial charge in [-0.2, -0.15) is 8.78 Å². The van der Waals surface area contributed by atoms with Crippen molar-refractivity contribution in [1.82, 2.24) is 0 Å². The summed E-state index contributed by atoms with van der Waals surface area (Å²) in [6.45, 7) is 0.686. The molecule has 0 atom stereocenters. The van der Waals surface area contributed by atoms with Crippen LogP contribution < -0.4 is 9.47 Å². The predicted molar refractivity (Wildman–Crippen MR) is 90.4 cm³/mol. The molecule has 24 heavy (non-hydrogen) atoms. The van der Waals surface area contributed by atoms with E-state index in [9.17, 15) is 8.78 Å². The summed E-state index contributed by atoms with van der Waals surface area (Å²) in [5, 5.41) is 0. The van der Waals surface area contributed by atoms with Gasteiger partial charge in [-0.1, -0.05) is 37.8 Å². The normalized spacial score (nSPS) is 18.4. The zero-order valence-corrected chi connectivity index (χ0v) is 14.1. The van der Waals surface area contributed by atoms with Gasteiger partial charge in [0.05, 0.1) is 6.61 Å². The molecule has 0 spiro atoms. The van der Waals surface area contributed by atoms with E-state index in [-0.39, 0.29) is 18.1 Å². The fourth-order valence-electron chi connectivity index (χ4n) is 3.23. The Hall–Kier alpha value is -1.58. The van der Waals surface area contributed by atoms with Crippen LogP contribution in [0.4, 0.5) is 8.78 Å². The van der Waals surface area contributed by atoms with Gasteiger partial charge in [0.25, 0.3) is 0 Å². The van der Waals surface area contributed by atoms with E-state index in [0.717, 1.165) is 18.8 Å². The number of halogens is 2. The van der Waals surface area contributed by atoms with Crippen molar-refractivity contribution in [3.05, 3.63) is 35.9 Å². The summed E-state index contributed by atoms with van der Waals surface area (Å²) in [7, 11) is 0. The Kier molecular flexibility index (Phi) is 6.11. The Morgan fingerprint density at radius 1 is 0.958 bits per heavy atom. The van der Waals surface area contributed by atoms with Crippen LogP contribution in [0.2, 0.25) is 0 Å². The largest absolute Gasteiger partial charge is 0.490 e. The summed E-state index contributed by atoms with van der Waals surface area (Å²) in [5.41, 5.74) is 0. The van der Waals surface area contributed by atoms with Crippen molar-refractivity contribution in [3.8, 4) is 11.5 Å². The lowest BCUT2D eigenvalue weighted by atomic mass is 10.1. The second-order valence-corrected chi connectivity index (χ2v) is 6.91. The monoisotopic (exact) mass is 336 g/mol. The highest BCUT2D eigenvalue weighted by molar-refractivity contribution is 5.35. The predicted octanol–water partition coefficient (Wildman–Crippen LogP) is 5.66. The molecule has 1 aromatic carbocycles. The van der Waals surface area contributed by atoms with E-state index < -0.39 is 11.6 Å². The molecule has 1 aromatic rings. The zero-order chi connectivity index (χ0) is 16.8. The van der Waals surface area contributed by atoms with Crippen LogP contribution in [0.25, 0.3) is 0 Å². The molecule has 132 valence electrons. The fraction of sp³-hybridized carbons (Fsp3) is 0.600. The first-order valence-electron chi connectivity index (χ1n) is 9.14. The molecule has 2 fully saturated rings. The van der Waals surface area contributed by atoms with Crippen LogP contribution in [0.5, 0.6) is 11.5 Å². The molecule has 0 amide bonds. The smallest absolute Gasteiger partial charge is 0.204 e. The van der Waals surface area contributed by atoms with E-state index in [4.69, 9.17) is 9.47 Å². The lowest BCUT2D eigenvalue weighted by Gasteiger charge is -2.10. The summed E-state index contributed by atoms with van der Waals surface area (Å²) < 4.78 is 38.8. The zero-order valence-electron chi connectivity index (χ0n) is 14.1. The van der Waals surface area contributed by atoms with E-state index in [1.807, 2.05) is 6.08 Å². The molecule has 0 saturated heterocycles. The first-order valence-corrected chi connectivity index (χ1v) is 9.14. The summed E-state index contributed by atoms with van der Waals surface area (Å²) in [5.74, 6) is -0.585. The number of ether oxygens (including phenoxy) is 2. The highest BCUT2D eigenvalue weighted by Gasteiger charge is 2.20. The summed E-state index contributed by atoms with van der Waals surface area (Å²) in [4.78, 5) is 0. The fourth-order valence-corrected chi connectivity index (χ4v) is 3.23. The Bertz CT molecular complexity index is 561. The molecule has 0 bridgehead atoms. The van der Waals surface area contributed by atoms with Crippen molar-refractivity contribution in [1.29, 1.82) is 0 Å². The molecule has 0 radical (unpaired) electrons. The standard InChI is InChI=1S/C20H26F2O2/c21-19-17(23-13-3-7-15-5-1-2-6-15)11-12-18(20(19)22)24-14-4-8-16-9-10-16/h3,7,11-12,15-16H,1-2,4-6,8-10,13-14H2/b7-3+. The van der Waals surface area contributed by atoms with E-state index in [2.05, 4.69) is 6.08 Å². The molecule has 2 aliphatic rings. The molecule has 2 saturated carbocycles. The third-order valence-electron chi connectivity index (χ3n) is 4.87. The number of benzene rings is 1. The quantitative estimate of drug-likeness (QED) is 0.428. The van der Waals surface area contributed by atoms with Crippen molar-refractivity contribution < 1.29 is 18.3 Å². The maximum Gasteiger partial charge on any atom is 0.204 e. The topological polar surface area (TPSA) is 18.5 Å². The van der Waals surface area contributed by atoms with Gasteiger partial charge in [0, 0.05) is 0 Å². The van der Waals surface area contributed by atoms with Crippen LogP contribution in [-0.2, 0) is 0 Å². The molecule has 0 unspecified atom stereocenters. The van der Waals surface area contributed by atoms with E-state index in [1.165, 1.54) is 50.7 Å². The average molecular weight is 336 g/mol. The minimum absolute atomic E-state index is 0.0304. The number of hydrogen-bond donors (Lipinski definition) is 0.